The third-order valence-electron chi connectivity index (χ3n) is 7.03. The van der Waals surface area contributed by atoms with Gasteiger partial charge in [-0.25, -0.2) is 4.79 Å². The van der Waals surface area contributed by atoms with Gasteiger partial charge in [0.1, 0.15) is 6.61 Å². The summed E-state index contributed by atoms with van der Waals surface area (Å²) in [5.74, 6) is -0.210. The van der Waals surface area contributed by atoms with Crippen molar-refractivity contribution in [1.29, 1.82) is 0 Å². The highest BCUT2D eigenvalue weighted by Gasteiger charge is 2.20. The average molecular weight is 485 g/mol. The largest absolute Gasteiger partial charge is 0.459 e. The van der Waals surface area contributed by atoms with E-state index in [0.717, 1.165) is 6.54 Å². The Hall–Kier alpha value is -0.610. The summed E-state index contributed by atoms with van der Waals surface area (Å²) in [6.45, 7) is 3.70. The lowest BCUT2D eigenvalue weighted by molar-refractivity contribution is -0.883. The number of esters is 1. The van der Waals surface area contributed by atoms with E-state index < -0.39 is 0 Å². The van der Waals surface area contributed by atoms with Gasteiger partial charge in [0, 0.05) is 0 Å². The quantitative estimate of drug-likeness (QED) is 0.0726. The second-order valence-corrected chi connectivity index (χ2v) is 11.2. The highest BCUT2D eigenvalue weighted by Crippen LogP contribution is 2.15. The average Bonchev–Trinajstić information content (AvgIpc) is 2.80. The van der Waals surface area contributed by atoms with Crippen molar-refractivity contribution in [3.63, 3.8) is 0 Å². The van der Waals surface area contributed by atoms with Crippen molar-refractivity contribution in [2.24, 2.45) is 0 Å². The second kappa shape index (κ2) is 25.5. The summed E-state index contributed by atoms with van der Waals surface area (Å²) in [6.07, 6.45) is 31.0. The van der Waals surface area contributed by atoms with Crippen molar-refractivity contribution < 1.29 is 19.1 Å². The number of ether oxygens (including phenoxy) is 1. The number of aliphatic hydroxyl groups excluding tert-OH is 1. The van der Waals surface area contributed by atoms with Gasteiger partial charge in [0.2, 0.25) is 0 Å². The molecule has 0 unspecified atom stereocenters. The van der Waals surface area contributed by atoms with Gasteiger partial charge in [0.25, 0.3) is 0 Å². The summed E-state index contributed by atoms with van der Waals surface area (Å²) in [7, 11) is 4.16. The first kappa shape index (κ1) is 33.4. The van der Waals surface area contributed by atoms with Crippen LogP contribution in [0.3, 0.4) is 0 Å². The molecule has 204 valence electrons. The molecule has 0 atom stereocenters. The van der Waals surface area contributed by atoms with Crippen LogP contribution in [0.25, 0.3) is 0 Å². The molecule has 0 rings (SSSR count). The predicted molar refractivity (Wildman–Crippen MR) is 147 cm³/mol. The molecule has 0 aromatic rings. The molecule has 34 heavy (non-hydrogen) atoms. The molecule has 0 radical (unpaired) electrons. The Labute approximate surface area is 213 Å². The number of carbonyl (C=O) groups is 1. The highest BCUT2D eigenvalue weighted by atomic mass is 16.5. The SMILES string of the molecule is CCCCCCCCCCCCCCCCCCCCCCCC[N+](C)(C)CC(=O)OCCO. The lowest BCUT2D eigenvalue weighted by Gasteiger charge is -2.28. The molecule has 0 saturated heterocycles. The van der Waals surface area contributed by atoms with Crippen LogP contribution in [0.5, 0.6) is 0 Å². The summed E-state index contributed by atoms with van der Waals surface area (Å²) < 4.78 is 5.64. The van der Waals surface area contributed by atoms with Gasteiger partial charge in [0.15, 0.2) is 6.54 Å². The number of hydrogen-bond acceptors (Lipinski definition) is 3. The van der Waals surface area contributed by atoms with Crippen molar-refractivity contribution in [2.45, 2.75) is 148 Å². The number of nitrogens with zero attached hydrogens (tertiary/aromatic N) is 1. The van der Waals surface area contributed by atoms with Crippen LogP contribution < -0.4 is 0 Å². The maximum atomic E-state index is 11.7. The molecule has 0 saturated carbocycles. The Morgan fingerprint density at radius 2 is 0.912 bits per heavy atom. The number of unbranched alkanes of at least 4 members (excludes halogenated alkanes) is 21. The van der Waals surface area contributed by atoms with E-state index in [1.807, 2.05) is 0 Å². The van der Waals surface area contributed by atoms with E-state index in [4.69, 9.17) is 9.84 Å². The molecule has 0 spiro atoms. The van der Waals surface area contributed by atoms with E-state index in [0.29, 0.717) is 11.0 Å². The zero-order valence-corrected chi connectivity index (χ0v) is 23.6. The van der Waals surface area contributed by atoms with Crippen LogP contribution in [-0.2, 0) is 9.53 Å². The molecular formula is C30H62NO3+. The zero-order valence-electron chi connectivity index (χ0n) is 23.6. The number of likely N-dealkylation sites (N-methyl/N-ethyl adjacent to an activating group) is 1. The van der Waals surface area contributed by atoms with Crippen LogP contribution in [0.1, 0.15) is 148 Å². The van der Waals surface area contributed by atoms with Crippen LogP contribution in [0.15, 0.2) is 0 Å². The molecule has 0 aliphatic rings. The summed E-state index contributed by atoms with van der Waals surface area (Å²) >= 11 is 0. The van der Waals surface area contributed by atoms with Gasteiger partial charge in [-0.1, -0.05) is 135 Å². The van der Waals surface area contributed by atoms with Crippen molar-refractivity contribution >= 4 is 5.97 Å². The third kappa shape index (κ3) is 26.0. The van der Waals surface area contributed by atoms with E-state index in [9.17, 15) is 4.79 Å². The van der Waals surface area contributed by atoms with Gasteiger partial charge in [-0.3, -0.25) is 0 Å². The van der Waals surface area contributed by atoms with Gasteiger partial charge < -0.3 is 14.3 Å². The summed E-state index contributed by atoms with van der Waals surface area (Å²) in [4.78, 5) is 11.7. The van der Waals surface area contributed by atoms with Crippen LogP contribution in [-0.4, -0.2) is 56.0 Å². The number of hydrogen-bond donors (Lipinski definition) is 1. The first-order valence-corrected chi connectivity index (χ1v) is 15.1. The van der Waals surface area contributed by atoms with E-state index in [1.54, 1.807) is 0 Å². The van der Waals surface area contributed by atoms with E-state index >= 15 is 0 Å². The second-order valence-electron chi connectivity index (χ2n) is 11.2. The molecule has 0 heterocycles. The first-order chi connectivity index (χ1) is 16.5. The standard InChI is InChI=1S/C30H62NO3/c1-4-5-6-7-8-9-10-11-12-13-14-15-16-17-18-19-20-21-22-23-24-25-26-31(2,3)29-30(33)34-28-27-32/h32H,4-29H2,1-3H3/q+1. The van der Waals surface area contributed by atoms with Crippen LogP contribution in [0.4, 0.5) is 0 Å². The topological polar surface area (TPSA) is 46.5 Å². The van der Waals surface area contributed by atoms with Crippen LogP contribution in [0, 0.1) is 0 Å². The Morgan fingerprint density at radius 1 is 0.588 bits per heavy atom. The lowest BCUT2D eigenvalue weighted by Crippen LogP contribution is -2.45. The molecule has 0 aliphatic heterocycles. The van der Waals surface area contributed by atoms with Gasteiger partial charge in [-0.05, 0) is 12.8 Å². The van der Waals surface area contributed by atoms with Gasteiger partial charge in [0.05, 0.1) is 27.2 Å². The lowest BCUT2D eigenvalue weighted by atomic mass is 10.0. The first-order valence-electron chi connectivity index (χ1n) is 15.1. The van der Waals surface area contributed by atoms with Gasteiger partial charge >= 0.3 is 5.97 Å². The molecule has 0 amide bonds. The highest BCUT2D eigenvalue weighted by molar-refractivity contribution is 5.70. The van der Waals surface area contributed by atoms with E-state index in [-0.39, 0.29) is 19.2 Å². The zero-order chi connectivity index (χ0) is 25.2. The molecule has 0 aromatic heterocycles. The molecule has 1 N–H and O–H groups in total. The monoisotopic (exact) mass is 484 g/mol. The van der Waals surface area contributed by atoms with E-state index in [1.165, 1.54) is 141 Å². The predicted octanol–water partition coefficient (Wildman–Crippen LogP) is 8.20. The Balaban J connectivity index is 3.23. The number of quaternary nitrogens is 1. The van der Waals surface area contributed by atoms with Gasteiger partial charge in [-0.15, -0.1) is 0 Å². The third-order valence-corrected chi connectivity index (χ3v) is 7.03. The number of carbonyl (C=O) groups excluding carboxylic acids is 1. The molecule has 0 fully saturated rings. The Bertz CT molecular complexity index is 425. The molecule has 4 nitrogen and oxygen atoms in total. The molecular weight excluding hydrogens is 422 g/mol. The fourth-order valence-electron chi connectivity index (χ4n) is 4.78. The molecule has 0 aliphatic carbocycles. The van der Waals surface area contributed by atoms with Crippen molar-refractivity contribution in [3.8, 4) is 0 Å². The normalized spacial score (nSPS) is 11.8. The fraction of sp³-hybridized carbons (Fsp3) is 0.967. The number of rotatable bonds is 27. The fourth-order valence-corrected chi connectivity index (χ4v) is 4.78. The molecule has 4 heteroatoms. The maximum absolute atomic E-state index is 11.7. The van der Waals surface area contributed by atoms with Crippen molar-refractivity contribution in [3.05, 3.63) is 0 Å². The van der Waals surface area contributed by atoms with Crippen LogP contribution >= 0.6 is 0 Å². The summed E-state index contributed by atoms with van der Waals surface area (Å²) in [5, 5.41) is 8.72. The molecule has 0 aromatic carbocycles. The maximum Gasteiger partial charge on any atom is 0.361 e. The smallest absolute Gasteiger partial charge is 0.361 e. The number of aliphatic hydroxyl groups is 1. The summed E-state index contributed by atoms with van der Waals surface area (Å²) in [5.41, 5.74) is 0. The van der Waals surface area contributed by atoms with Crippen molar-refractivity contribution in [2.75, 3.05) is 40.4 Å². The minimum Gasteiger partial charge on any atom is -0.459 e. The van der Waals surface area contributed by atoms with Gasteiger partial charge in [-0.2, -0.15) is 0 Å². The Morgan fingerprint density at radius 3 is 1.24 bits per heavy atom. The van der Waals surface area contributed by atoms with Crippen molar-refractivity contribution in [1.82, 2.24) is 0 Å². The van der Waals surface area contributed by atoms with Crippen LogP contribution in [0.2, 0.25) is 0 Å². The minimum absolute atomic E-state index is 0.0986. The Kier molecular flexibility index (Phi) is 25.0. The molecule has 0 bridgehead atoms. The minimum atomic E-state index is -0.210. The summed E-state index contributed by atoms with van der Waals surface area (Å²) in [6, 6.07) is 0. The van der Waals surface area contributed by atoms with E-state index in [2.05, 4.69) is 21.0 Å².